The molecule has 0 saturated heterocycles. The lowest BCUT2D eigenvalue weighted by Crippen LogP contribution is -2.12. The number of halogens is 3. The molecule has 2 N–H and O–H groups in total. The lowest BCUT2D eigenvalue weighted by atomic mass is 10.1. The fourth-order valence-electron chi connectivity index (χ4n) is 2.00. The molecule has 2 rings (SSSR count). The highest BCUT2D eigenvalue weighted by Gasteiger charge is 2.27. The van der Waals surface area contributed by atoms with Gasteiger partial charge in [0.15, 0.2) is 5.76 Å². The van der Waals surface area contributed by atoms with E-state index in [4.69, 9.17) is 20.8 Å². The Balaban J connectivity index is 2.44. The first-order valence-corrected chi connectivity index (χ1v) is 8.68. The zero-order chi connectivity index (χ0) is 18.6. The molecular weight excluding hydrogens is 421 g/mol. The van der Waals surface area contributed by atoms with E-state index in [0.717, 1.165) is 13.0 Å². The van der Waals surface area contributed by atoms with Crippen LogP contribution in [0.2, 0.25) is 5.02 Å². The molecule has 0 aliphatic rings. The molecule has 0 radical (unpaired) electrons. The van der Waals surface area contributed by atoms with Crippen LogP contribution in [0.5, 0.6) is 11.5 Å². The van der Waals surface area contributed by atoms with Gasteiger partial charge in [0, 0.05) is 23.7 Å². The lowest BCUT2D eigenvalue weighted by Gasteiger charge is -2.04. The van der Waals surface area contributed by atoms with Crippen LogP contribution in [0.3, 0.4) is 0 Å². The number of esters is 1. The summed E-state index contributed by atoms with van der Waals surface area (Å²) in [6, 6.07) is 3.74. The number of alkyl halides is 1. The van der Waals surface area contributed by atoms with Crippen molar-refractivity contribution in [3.05, 3.63) is 29.0 Å². The number of carbonyl (C=O) groups is 2. The van der Waals surface area contributed by atoms with Crippen molar-refractivity contribution in [2.45, 2.75) is 19.8 Å². The third kappa shape index (κ3) is 4.73. The van der Waals surface area contributed by atoms with Crippen molar-refractivity contribution >= 4 is 45.3 Å². The average Bonchev–Trinajstić information content (AvgIpc) is 2.81. The van der Waals surface area contributed by atoms with Gasteiger partial charge in [0.1, 0.15) is 5.82 Å². The number of hydrogen-bond donors (Lipinski definition) is 2. The van der Waals surface area contributed by atoms with Crippen LogP contribution in [0.1, 0.15) is 19.8 Å². The van der Waals surface area contributed by atoms with Gasteiger partial charge in [0.2, 0.25) is 23.3 Å². The molecular formula is C16H14BrClFNO5. The van der Waals surface area contributed by atoms with Crippen LogP contribution in [0, 0.1) is 5.82 Å². The summed E-state index contributed by atoms with van der Waals surface area (Å²) in [5.41, 5.74) is -0.101. The molecule has 0 atom stereocenters. The number of carbonyl (C=O) groups excluding carboxylic acids is 2. The fourth-order valence-corrected chi connectivity index (χ4v) is 2.44. The van der Waals surface area contributed by atoms with Crippen LogP contribution in [-0.4, -0.2) is 22.3 Å². The number of amides is 1. The predicted molar refractivity (Wildman–Crippen MR) is 93.7 cm³/mol. The molecule has 1 aromatic heterocycles. The van der Waals surface area contributed by atoms with Crippen molar-refractivity contribution in [3.8, 4) is 22.8 Å². The second kappa shape index (κ2) is 8.35. The summed E-state index contributed by atoms with van der Waals surface area (Å²) in [5.74, 6) is -3.46. The minimum absolute atomic E-state index is 0.101. The molecule has 0 spiro atoms. The van der Waals surface area contributed by atoms with Gasteiger partial charge in [-0.25, -0.2) is 4.39 Å². The van der Waals surface area contributed by atoms with Gasteiger partial charge < -0.3 is 14.3 Å². The summed E-state index contributed by atoms with van der Waals surface area (Å²) in [6.45, 7) is 1.12. The maximum Gasteiger partial charge on any atom is 0.308 e. The molecule has 0 saturated carbocycles. The molecule has 2 aromatic rings. The first kappa shape index (κ1) is 19.3. The van der Waals surface area contributed by atoms with Crippen LogP contribution in [0.15, 0.2) is 22.6 Å². The van der Waals surface area contributed by atoms with Crippen LogP contribution in [-0.2, 0) is 9.59 Å². The maximum atomic E-state index is 14.1. The Kier molecular flexibility index (Phi) is 6.44. The molecule has 0 aliphatic carbocycles. The van der Waals surface area contributed by atoms with Gasteiger partial charge in [-0.1, -0.05) is 27.5 Å². The monoisotopic (exact) mass is 433 g/mol. The normalized spacial score (nSPS) is 10.6. The van der Waals surface area contributed by atoms with Crippen molar-refractivity contribution in [1.82, 2.24) is 0 Å². The van der Waals surface area contributed by atoms with E-state index in [1.807, 2.05) is 0 Å². The Morgan fingerprint density at radius 1 is 1.44 bits per heavy atom. The molecule has 25 heavy (non-hydrogen) atoms. The van der Waals surface area contributed by atoms with Gasteiger partial charge in [0.25, 0.3) is 0 Å². The maximum absolute atomic E-state index is 14.1. The number of rotatable bonds is 6. The van der Waals surface area contributed by atoms with Crippen molar-refractivity contribution in [2.24, 2.45) is 0 Å². The fraction of sp³-hybridized carbons (Fsp3) is 0.250. The number of anilines is 1. The van der Waals surface area contributed by atoms with Crippen LogP contribution in [0.25, 0.3) is 11.3 Å². The van der Waals surface area contributed by atoms with E-state index in [0.29, 0.717) is 11.8 Å². The SMILES string of the molecule is CC(=O)Oc1c(NC(=O)CCCBr)oc(-c2ccc(Cl)cc2F)c1O. The predicted octanol–water partition coefficient (Wildman–Crippen LogP) is 4.48. The Hall–Kier alpha value is -2.06. The molecule has 6 nitrogen and oxygen atoms in total. The quantitative estimate of drug-likeness (QED) is 0.517. The van der Waals surface area contributed by atoms with Crippen molar-refractivity contribution < 1.29 is 28.2 Å². The summed E-state index contributed by atoms with van der Waals surface area (Å²) in [7, 11) is 0. The Bertz CT molecular complexity index is 808. The first-order valence-electron chi connectivity index (χ1n) is 7.19. The average molecular weight is 435 g/mol. The van der Waals surface area contributed by atoms with Gasteiger partial charge in [0.05, 0.1) is 5.56 Å². The van der Waals surface area contributed by atoms with E-state index >= 15 is 0 Å². The van der Waals surface area contributed by atoms with Gasteiger partial charge in [-0.3, -0.25) is 14.9 Å². The van der Waals surface area contributed by atoms with Gasteiger partial charge in [-0.15, -0.1) is 0 Å². The number of benzene rings is 1. The minimum atomic E-state index is -0.747. The van der Waals surface area contributed by atoms with E-state index in [2.05, 4.69) is 21.2 Å². The zero-order valence-electron chi connectivity index (χ0n) is 13.1. The van der Waals surface area contributed by atoms with Crippen LogP contribution in [0.4, 0.5) is 10.3 Å². The highest BCUT2D eigenvalue weighted by molar-refractivity contribution is 9.09. The summed E-state index contributed by atoms with van der Waals surface area (Å²) in [5, 5.41) is 13.5. The number of hydrogen-bond acceptors (Lipinski definition) is 5. The van der Waals surface area contributed by atoms with E-state index in [1.54, 1.807) is 0 Å². The van der Waals surface area contributed by atoms with Gasteiger partial charge >= 0.3 is 5.97 Å². The molecule has 1 amide bonds. The molecule has 9 heteroatoms. The number of nitrogens with one attached hydrogen (secondary N) is 1. The van der Waals surface area contributed by atoms with Crippen molar-refractivity contribution in [2.75, 3.05) is 10.6 Å². The second-order valence-electron chi connectivity index (χ2n) is 5.00. The third-order valence-electron chi connectivity index (χ3n) is 3.05. The van der Waals surface area contributed by atoms with Gasteiger partial charge in [-0.05, 0) is 24.6 Å². The molecule has 0 bridgehead atoms. The van der Waals surface area contributed by atoms with E-state index < -0.39 is 23.4 Å². The summed E-state index contributed by atoms with van der Waals surface area (Å²) in [4.78, 5) is 23.1. The Morgan fingerprint density at radius 2 is 2.16 bits per heavy atom. The van der Waals surface area contributed by atoms with Gasteiger partial charge in [-0.2, -0.15) is 0 Å². The number of furan rings is 1. The Labute approximate surface area is 156 Å². The topological polar surface area (TPSA) is 88.8 Å². The third-order valence-corrected chi connectivity index (χ3v) is 3.85. The van der Waals surface area contributed by atoms with E-state index in [9.17, 15) is 19.1 Å². The highest BCUT2D eigenvalue weighted by Crippen LogP contribution is 2.47. The standard InChI is InChI=1S/C16H14BrClFNO5/c1-8(21)24-15-13(23)14(10-5-4-9(18)7-11(10)19)25-16(15)20-12(22)3-2-6-17/h4-5,7,23H,2-3,6H2,1H3,(H,20,22). The Morgan fingerprint density at radius 3 is 2.76 bits per heavy atom. The zero-order valence-corrected chi connectivity index (χ0v) is 15.4. The molecule has 1 heterocycles. The second-order valence-corrected chi connectivity index (χ2v) is 6.23. The smallest absolute Gasteiger partial charge is 0.308 e. The summed E-state index contributed by atoms with van der Waals surface area (Å²) >= 11 is 8.91. The number of ether oxygens (including phenoxy) is 1. The van der Waals surface area contributed by atoms with Crippen molar-refractivity contribution in [3.63, 3.8) is 0 Å². The summed E-state index contributed by atoms with van der Waals surface area (Å²) < 4.78 is 24.3. The lowest BCUT2D eigenvalue weighted by molar-refractivity contribution is -0.132. The molecule has 1 aromatic carbocycles. The number of aromatic hydroxyl groups is 1. The molecule has 0 unspecified atom stereocenters. The molecule has 134 valence electrons. The van der Waals surface area contributed by atoms with Crippen LogP contribution < -0.4 is 10.1 Å². The van der Waals surface area contributed by atoms with Crippen LogP contribution >= 0.6 is 27.5 Å². The van der Waals surface area contributed by atoms with Crippen molar-refractivity contribution in [1.29, 1.82) is 0 Å². The molecule has 0 fully saturated rings. The van der Waals surface area contributed by atoms with E-state index in [-0.39, 0.29) is 34.4 Å². The van der Waals surface area contributed by atoms with E-state index in [1.165, 1.54) is 12.1 Å². The minimum Gasteiger partial charge on any atom is -0.502 e. The summed E-state index contributed by atoms with van der Waals surface area (Å²) in [6.07, 6.45) is 0.747. The first-order chi connectivity index (χ1) is 11.8. The largest absolute Gasteiger partial charge is 0.502 e. The highest BCUT2D eigenvalue weighted by atomic mass is 79.9. The molecule has 0 aliphatic heterocycles.